The van der Waals surface area contributed by atoms with Crippen LogP contribution >= 0.6 is 11.8 Å². The molecule has 0 spiro atoms. The molecule has 0 bridgehead atoms. The summed E-state index contributed by atoms with van der Waals surface area (Å²) in [4.78, 5) is 23.2. The number of benzene rings is 1. The average molecular weight is 407 g/mol. The summed E-state index contributed by atoms with van der Waals surface area (Å²) in [7, 11) is 0. The van der Waals surface area contributed by atoms with Crippen molar-refractivity contribution in [3.8, 4) is 0 Å². The molecular formula is C20H24F2N4OS. The predicted octanol–water partition coefficient (Wildman–Crippen LogP) is 3.79. The van der Waals surface area contributed by atoms with E-state index in [4.69, 9.17) is 0 Å². The Morgan fingerprint density at radius 1 is 1.32 bits per heavy atom. The zero-order chi connectivity index (χ0) is 19.9. The number of nitrogens with zero attached hydrogens (tertiary/aromatic N) is 3. The third kappa shape index (κ3) is 5.64. The monoisotopic (exact) mass is 406 g/mol. The zero-order valence-corrected chi connectivity index (χ0v) is 16.6. The van der Waals surface area contributed by atoms with E-state index in [0.29, 0.717) is 17.9 Å². The van der Waals surface area contributed by atoms with E-state index >= 15 is 0 Å². The summed E-state index contributed by atoms with van der Waals surface area (Å²) in [6, 6.07) is 5.58. The Bertz CT molecular complexity index is 821. The maximum absolute atomic E-state index is 13.2. The fourth-order valence-corrected chi connectivity index (χ4v) is 3.74. The average Bonchev–Trinajstić information content (AvgIpc) is 2.73. The number of rotatable bonds is 7. The molecule has 1 fully saturated rings. The minimum Gasteiger partial charge on any atom is -0.356 e. The number of halogens is 2. The maximum atomic E-state index is 13.2. The van der Waals surface area contributed by atoms with Gasteiger partial charge in [0.15, 0.2) is 16.8 Å². The van der Waals surface area contributed by atoms with Crippen LogP contribution in [0.15, 0.2) is 35.6 Å². The van der Waals surface area contributed by atoms with Gasteiger partial charge in [-0.3, -0.25) is 4.79 Å². The van der Waals surface area contributed by atoms with Gasteiger partial charge in [0, 0.05) is 32.3 Å². The fraction of sp³-hybridized carbons (Fsp3) is 0.450. The lowest BCUT2D eigenvalue weighted by atomic mass is 9.93. The van der Waals surface area contributed by atoms with Gasteiger partial charge >= 0.3 is 0 Å². The molecule has 5 nitrogen and oxygen atoms in total. The summed E-state index contributed by atoms with van der Waals surface area (Å²) in [5.41, 5.74) is 0.546. The molecule has 1 atom stereocenters. The molecule has 0 radical (unpaired) electrons. The van der Waals surface area contributed by atoms with Gasteiger partial charge in [0.25, 0.3) is 0 Å². The van der Waals surface area contributed by atoms with Crippen molar-refractivity contribution in [1.29, 1.82) is 0 Å². The number of aromatic nitrogens is 2. The van der Waals surface area contributed by atoms with Gasteiger partial charge in [-0.2, -0.15) is 0 Å². The van der Waals surface area contributed by atoms with Crippen LogP contribution in [0, 0.1) is 17.6 Å². The molecule has 1 aliphatic rings. The Labute approximate surface area is 167 Å². The molecular weight excluding hydrogens is 382 g/mol. The van der Waals surface area contributed by atoms with Crippen LogP contribution in [0.3, 0.4) is 0 Å². The SMILES string of the molecule is CSc1nccc(N2CCCC(CCC(=O)NCc3ccc(F)c(F)c3)C2)n1. The topological polar surface area (TPSA) is 58.1 Å². The fourth-order valence-electron chi connectivity index (χ4n) is 3.39. The molecule has 8 heteroatoms. The number of hydrogen-bond acceptors (Lipinski definition) is 5. The van der Waals surface area contributed by atoms with E-state index in [0.717, 1.165) is 55.5 Å². The van der Waals surface area contributed by atoms with Crippen LogP contribution in [0.25, 0.3) is 0 Å². The molecule has 28 heavy (non-hydrogen) atoms. The number of hydrogen-bond donors (Lipinski definition) is 1. The normalized spacial score (nSPS) is 16.8. The van der Waals surface area contributed by atoms with Crippen LogP contribution in [0.2, 0.25) is 0 Å². The van der Waals surface area contributed by atoms with Crippen molar-refractivity contribution >= 4 is 23.5 Å². The minimum atomic E-state index is -0.900. The molecule has 2 heterocycles. The molecule has 0 aliphatic carbocycles. The highest BCUT2D eigenvalue weighted by Crippen LogP contribution is 2.25. The molecule has 150 valence electrons. The van der Waals surface area contributed by atoms with Gasteiger partial charge in [-0.15, -0.1) is 0 Å². The molecule has 2 aromatic rings. The predicted molar refractivity (Wildman–Crippen MR) is 106 cm³/mol. The molecule has 1 saturated heterocycles. The quantitative estimate of drug-likeness (QED) is 0.560. The standard InChI is InChI=1S/C20H24F2N4OS/c1-28-20-23-9-8-18(25-20)26-10-2-3-14(13-26)5-7-19(27)24-12-15-4-6-16(21)17(22)11-15/h4,6,8-9,11,14H,2-3,5,7,10,12-13H2,1H3,(H,24,27). The molecule has 1 unspecified atom stereocenters. The number of amides is 1. The van der Waals surface area contributed by atoms with Gasteiger partial charge in [0.05, 0.1) is 0 Å². The smallest absolute Gasteiger partial charge is 0.220 e. The number of piperidine rings is 1. The molecule has 1 N–H and O–H groups in total. The van der Waals surface area contributed by atoms with E-state index < -0.39 is 11.6 Å². The minimum absolute atomic E-state index is 0.0754. The number of anilines is 1. The van der Waals surface area contributed by atoms with Crippen LogP contribution in [0.4, 0.5) is 14.6 Å². The highest BCUT2D eigenvalue weighted by molar-refractivity contribution is 7.98. The van der Waals surface area contributed by atoms with Crippen molar-refractivity contribution in [2.75, 3.05) is 24.2 Å². The van der Waals surface area contributed by atoms with Crippen LogP contribution in [0.5, 0.6) is 0 Å². The van der Waals surface area contributed by atoms with Crippen LogP contribution < -0.4 is 10.2 Å². The maximum Gasteiger partial charge on any atom is 0.220 e. The number of nitrogens with one attached hydrogen (secondary N) is 1. The summed E-state index contributed by atoms with van der Waals surface area (Å²) in [5, 5.41) is 3.54. The van der Waals surface area contributed by atoms with Crippen molar-refractivity contribution in [3.05, 3.63) is 47.7 Å². The molecule has 1 aromatic heterocycles. The Morgan fingerprint density at radius 2 is 2.18 bits per heavy atom. The first-order valence-electron chi connectivity index (χ1n) is 9.37. The van der Waals surface area contributed by atoms with Gasteiger partial charge in [-0.05, 0) is 55.2 Å². The highest BCUT2D eigenvalue weighted by atomic mass is 32.2. The lowest BCUT2D eigenvalue weighted by Gasteiger charge is -2.33. The Morgan fingerprint density at radius 3 is 2.96 bits per heavy atom. The summed E-state index contributed by atoms with van der Waals surface area (Å²) in [6.07, 6.45) is 7.11. The Hall–Kier alpha value is -2.22. The Balaban J connectivity index is 1.45. The van der Waals surface area contributed by atoms with Gasteiger partial charge in [0.2, 0.25) is 5.91 Å². The van der Waals surface area contributed by atoms with Crippen molar-refractivity contribution < 1.29 is 13.6 Å². The van der Waals surface area contributed by atoms with E-state index in [-0.39, 0.29) is 12.5 Å². The van der Waals surface area contributed by atoms with Crippen molar-refractivity contribution in [2.45, 2.75) is 37.4 Å². The van der Waals surface area contributed by atoms with E-state index in [9.17, 15) is 13.6 Å². The van der Waals surface area contributed by atoms with E-state index in [1.54, 1.807) is 6.20 Å². The third-order valence-electron chi connectivity index (χ3n) is 4.90. The largest absolute Gasteiger partial charge is 0.356 e. The van der Waals surface area contributed by atoms with E-state index in [1.165, 1.54) is 17.8 Å². The summed E-state index contributed by atoms with van der Waals surface area (Å²) < 4.78 is 26.2. The van der Waals surface area contributed by atoms with E-state index in [1.807, 2.05) is 12.3 Å². The van der Waals surface area contributed by atoms with Gasteiger partial charge in [-0.1, -0.05) is 17.8 Å². The van der Waals surface area contributed by atoms with Crippen molar-refractivity contribution in [2.24, 2.45) is 5.92 Å². The van der Waals surface area contributed by atoms with Crippen LogP contribution in [0.1, 0.15) is 31.2 Å². The summed E-state index contributed by atoms with van der Waals surface area (Å²) >= 11 is 1.52. The number of thioether (sulfide) groups is 1. The molecule has 1 amide bonds. The molecule has 1 aliphatic heterocycles. The lowest BCUT2D eigenvalue weighted by Crippen LogP contribution is -2.36. The van der Waals surface area contributed by atoms with Gasteiger partial charge in [0.1, 0.15) is 5.82 Å². The molecule has 0 saturated carbocycles. The first kappa shape index (κ1) is 20.5. The highest BCUT2D eigenvalue weighted by Gasteiger charge is 2.22. The van der Waals surface area contributed by atoms with Gasteiger partial charge in [-0.25, -0.2) is 18.7 Å². The second-order valence-corrected chi connectivity index (χ2v) is 7.69. The Kier molecular flexibility index (Phi) is 7.19. The van der Waals surface area contributed by atoms with Crippen molar-refractivity contribution in [1.82, 2.24) is 15.3 Å². The zero-order valence-electron chi connectivity index (χ0n) is 15.8. The van der Waals surface area contributed by atoms with Crippen LogP contribution in [-0.2, 0) is 11.3 Å². The number of carbonyl (C=O) groups excluding carboxylic acids is 1. The summed E-state index contributed by atoms with van der Waals surface area (Å²) in [6.45, 7) is 2.04. The second kappa shape index (κ2) is 9.82. The first-order chi connectivity index (χ1) is 13.5. The third-order valence-corrected chi connectivity index (χ3v) is 5.46. The van der Waals surface area contributed by atoms with E-state index in [2.05, 4.69) is 20.2 Å². The molecule has 3 rings (SSSR count). The molecule has 1 aromatic carbocycles. The van der Waals surface area contributed by atoms with Crippen molar-refractivity contribution in [3.63, 3.8) is 0 Å². The number of carbonyl (C=O) groups is 1. The lowest BCUT2D eigenvalue weighted by molar-refractivity contribution is -0.121. The summed E-state index contributed by atoms with van der Waals surface area (Å²) in [5.74, 6) is -0.496. The second-order valence-electron chi connectivity index (χ2n) is 6.92. The first-order valence-corrected chi connectivity index (χ1v) is 10.6. The van der Waals surface area contributed by atoms with Gasteiger partial charge < -0.3 is 10.2 Å². The van der Waals surface area contributed by atoms with Crippen LogP contribution in [-0.4, -0.2) is 35.2 Å².